The van der Waals surface area contributed by atoms with Crippen molar-refractivity contribution in [1.82, 2.24) is 14.7 Å². The van der Waals surface area contributed by atoms with Crippen molar-refractivity contribution in [2.75, 3.05) is 13.1 Å². The molecular formula is C14H26N4O. The van der Waals surface area contributed by atoms with Crippen LogP contribution in [0.3, 0.4) is 0 Å². The lowest BCUT2D eigenvalue weighted by Crippen LogP contribution is -2.47. The van der Waals surface area contributed by atoms with Crippen LogP contribution in [0, 0.1) is 0 Å². The van der Waals surface area contributed by atoms with Crippen LogP contribution in [0.2, 0.25) is 0 Å². The number of hydrogen-bond acceptors (Lipinski definition) is 4. The second kappa shape index (κ2) is 5.61. The number of aliphatic hydroxyl groups is 1. The molecule has 19 heavy (non-hydrogen) atoms. The average Bonchev–Trinajstić information content (AvgIpc) is 2.86. The van der Waals surface area contributed by atoms with Gasteiger partial charge in [0.1, 0.15) is 0 Å². The van der Waals surface area contributed by atoms with E-state index in [2.05, 4.69) is 23.8 Å². The maximum absolute atomic E-state index is 10.3. The van der Waals surface area contributed by atoms with Gasteiger partial charge in [-0.2, -0.15) is 5.10 Å². The van der Waals surface area contributed by atoms with Crippen LogP contribution in [0.1, 0.15) is 44.8 Å². The Morgan fingerprint density at radius 2 is 2.32 bits per heavy atom. The van der Waals surface area contributed by atoms with Gasteiger partial charge in [-0.25, -0.2) is 0 Å². The molecule has 2 heterocycles. The molecule has 2 rings (SSSR count). The van der Waals surface area contributed by atoms with E-state index in [9.17, 15) is 5.11 Å². The number of aliphatic hydroxyl groups excluding tert-OH is 1. The summed E-state index contributed by atoms with van der Waals surface area (Å²) in [6.45, 7) is 6.09. The smallest absolute Gasteiger partial charge is 0.0835 e. The second-order valence-corrected chi connectivity index (χ2v) is 6.45. The number of hydrogen-bond donors (Lipinski definition) is 2. The molecule has 0 amide bonds. The average molecular weight is 266 g/mol. The fraction of sp³-hybridized carbons (Fsp3) is 0.786. The van der Waals surface area contributed by atoms with Crippen LogP contribution in [-0.4, -0.2) is 44.5 Å². The third-order valence-electron chi connectivity index (χ3n) is 3.71. The second-order valence-electron chi connectivity index (χ2n) is 6.45. The van der Waals surface area contributed by atoms with Crippen LogP contribution < -0.4 is 5.73 Å². The normalized spacial score (nSPS) is 22.9. The molecule has 108 valence electrons. The van der Waals surface area contributed by atoms with E-state index in [4.69, 9.17) is 5.73 Å². The monoisotopic (exact) mass is 266 g/mol. The zero-order valence-corrected chi connectivity index (χ0v) is 12.2. The maximum atomic E-state index is 10.3. The number of likely N-dealkylation sites (tertiary alicyclic amines) is 1. The summed E-state index contributed by atoms with van der Waals surface area (Å²) in [5.74, 6) is 0. The van der Waals surface area contributed by atoms with Crippen LogP contribution in [0.5, 0.6) is 0 Å². The van der Waals surface area contributed by atoms with Gasteiger partial charge in [0.15, 0.2) is 0 Å². The molecule has 0 aliphatic carbocycles. The van der Waals surface area contributed by atoms with Crippen LogP contribution in [0.4, 0.5) is 0 Å². The molecule has 1 aromatic heterocycles. The van der Waals surface area contributed by atoms with Crippen molar-refractivity contribution in [1.29, 1.82) is 0 Å². The quantitative estimate of drug-likeness (QED) is 0.836. The largest absolute Gasteiger partial charge is 0.388 e. The van der Waals surface area contributed by atoms with Crippen molar-refractivity contribution < 1.29 is 5.11 Å². The summed E-state index contributed by atoms with van der Waals surface area (Å²) in [5, 5.41) is 14.4. The fourth-order valence-corrected chi connectivity index (χ4v) is 2.90. The Labute approximate surface area is 115 Å². The van der Waals surface area contributed by atoms with Gasteiger partial charge in [0.25, 0.3) is 0 Å². The van der Waals surface area contributed by atoms with Gasteiger partial charge >= 0.3 is 0 Å². The maximum Gasteiger partial charge on any atom is 0.0835 e. The molecule has 1 saturated heterocycles. The molecule has 2 atom stereocenters. The zero-order valence-electron chi connectivity index (χ0n) is 12.2. The Kier molecular flexibility index (Phi) is 4.28. The summed E-state index contributed by atoms with van der Waals surface area (Å²) in [4.78, 5) is 2.42. The van der Waals surface area contributed by atoms with Crippen molar-refractivity contribution in [3.8, 4) is 0 Å². The van der Waals surface area contributed by atoms with Crippen molar-refractivity contribution in [3.05, 3.63) is 18.0 Å². The third-order valence-corrected chi connectivity index (χ3v) is 3.71. The highest BCUT2D eigenvalue weighted by atomic mass is 16.3. The van der Waals surface area contributed by atoms with Gasteiger partial charge in [0.2, 0.25) is 0 Å². The van der Waals surface area contributed by atoms with Crippen LogP contribution in [0.25, 0.3) is 0 Å². The number of aryl methyl sites for hydroxylation is 1. The van der Waals surface area contributed by atoms with Crippen molar-refractivity contribution in [2.45, 2.75) is 50.8 Å². The first-order valence-corrected chi connectivity index (χ1v) is 7.05. The Bertz CT molecular complexity index is 410. The molecule has 1 aromatic rings. The molecule has 0 radical (unpaired) electrons. The SMILES string of the molecule is Cn1cc(C(O)CC2CCCN2CC(C)(C)N)cn1. The number of nitrogens with zero attached hydrogens (tertiary/aromatic N) is 3. The summed E-state index contributed by atoms with van der Waals surface area (Å²) in [7, 11) is 1.87. The first-order valence-electron chi connectivity index (χ1n) is 7.05. The summed E-state index contributed by atoms with van der Waals surface area (Å²) in [5.41, 5.74) is 6.83. The minimum absolute atomic E-state index is 0.179. The highest BCUT2D eigenvalue weighted by molar-refractivity contribution is 5.08. The van der Waals surface area contributed by atoms with E-state index in [0.29, 0.717) is 6.04 Å². The fourth-order valence-electron chi connectivity index (χ4n) is 2.90. The zero-order chi connectivity index (χ0) is 14.0. The van der Waals surface area contributed by atoms with Crippen LogP contribution in [0.15, 0.2) is 12.4 Å². The van der Waals surface area contributed by atoms with Gasteiger partial charge in [0, 0.05) is 36.9 Å². The van der Waals surface area contributed by atoms with Gasteiger partial charge < -0.3 is 10.8 Å². The van der Waals surface area contributed by atoms with Crippen LogP contribution >= 0.6 is 0 Å². The molecule has 2 unspecified atom stereocenters. The molecule has 3 N–H and O–H groups in total. The third kappa shape index (κ3) is 4.03. The molecule has 0 saturated carbocycles. The number of aromatic nitrogens is 2. The van der Waals surface area contributed by atoms with E-state index in [1.807, 2.05) is 13.2 Å². The minimum Gasteiger partial charge on any atom is -0.388 e. The van der Waals surface area contributed by atoms with Gasteiger partial charge in [-0.15, -0.1) is 0 Å². The molecule has 5 heteroatoms. The van der Waals surface area contributed by atoms with Gasteiger partial charge in [-0.1, -0.05) is 0 Å². The molecular weight excluding hydrogens is 240 g/mol. The van der Waals surface area contributed by atoms with Gasteiger partial charge in [-0.05, 0) is 39.7 Å². The summed E-state index contributed by atoms with van der Waals surface area (Å²) in [6.07, 6.45) is 6.31. The minimum atomic E-state index is -0.430. The molecule has 0 spiro atoms. The van der Waals surface area contributed by atoms with E-state index in [0.717, 1.165) is 31.5 Å². The topological polar surface area (TPSA) is 67.3 Å². The van der Waals surface area contributed by atoms with Crippen molar-refractivity contribution >= 4 is 0 Å². The van der Waals surface area contributed by atoms with E-state index in [-0.39, 0.29) is 5.54 Å². The molecule has 1 aliphatic heterocycles. The first-order chi connectivity index (χ1) is 8.85. The lowest BCUT2D eigenvalue weighted by molar-refractivity contribution is 0.112. The van der Waals surface area contributed by atoms with Crippen LogP contribution in [-0.2, 0) is 7.05 Å². The Hall–Kier alpha value is -0.910. The first kappa shape index (κ1) is 14.5. The van der Waals surface area contributed by atoms with Gasteiger partial charge in [-0.3, -0.25) is 9.58 Å². The lowest BCUT2D eigenvalue weighted by atomic mass is 10.0. The predicted octanol–water partition coefficient (Wildman–Crippen LogP) is 1.05. The van der Waals surface area contributed by atoms with Crippen molar-refractivity contribution in [2.24, 2.45) is 12.8 Å². The number of rotatable bonds is 5. The van der Waals surface area contributed by atoms with Gasteiger partial charge in [0.05, 0.1) is 12.3 Å². The summed E-state index contributed by atoms with van der Waals surface area (Å²) >= 11 is 0. The predicted molar refractivity (Wildman–Crippen MR) is 75.6 cm³/mol. The molecule has 0 aromatic carbocycles. The molecule has 0 bridgehead atoms. The van der Waals surface area contributed by atoms with Crippen molar-refractivity contribution in [3.63, 3.8) is 0 Å². The van der Waals surface area contributed by atoms with E-state index >= 15 is 0 Å². The summed E-state index contributed by atoms with van der Waals surface area (Å²) < 4.78 is 1.73. The van der Waals surface area contributed by atoms with E-state index in [1.165, 1.54) is 6.42 Å². The molecule has 1 fully saturated rings. The standard InChI is InChI=1S/C14H26N4O/c1-14(2,15)10-18-6-4-5-12(18)7-13(19)11-8-16-17(3)9-11/h8-9,12-13,19H,4-7,10,15H2,1-3H3. The van der Waals surface area contributed by atoms with E-state index < -0.39 is 6.10 Å². The Balaban J connectivity index is 1.94. The summed E-state index contributed by atoms with van der Waals surface area (Å²) in [6, 6.07) is 0.429. The Morgan fingerprint density at radius 3 is 2.89 bits per heavy atom. The number of nitrogens with two attached hydrogens (primary N) is 1. The highest BCUT2D eigenvalue weighted by Gasteiger charge is 2.30. The molecule has 1 aliphatic rings. The highest BCUT2D eigenvalue weighted by Crippen LogP contribution is 2.27. The van der Waals surface area contributed by atoms with E-state index in [1.54, 1.807) is 10.9 Å². The molecule has 5 nitrogen and oxygen atoms in total. The lowest BCUT2D eigenvalue weighted by Gasteiger charge is -2.32. The Morgan fingerprint density at radius 1 is 1.58 bits per heavy atom.